The Bertz CT molecular complexity index is 537. The predicted molar refractivity (Wildman–Crippen MR) is 83.1 cm³/mol. The highest BCUT2D eigenvalue weighted by molar-refractivity contribution is 7.89. The number of hydrogen-bond acceptors (Lipinski definition) is 5. The van der Waals surface area contributed by atoms with E-state index in [4.69, 9.17) is 16.3 Å². The fourth-order valence-corrected chi connectivity index (χ4v) is 3.70. The molecule has 0 amide bonds. The highest BCUT2D eigenvalue weighted by Crippen LogP contribution is 2.22. The van der Waals surface area contributed by atoms with Crippen molar-refractivity contribution in [3.8, 4) is 0 Å². The van der Waals surface area contributed by atoms with Crippen LogP contribution in [0.2, 0.25) is 5.15 Å². The molecule has 0 atom stereocenters. The summed E-state index contributed by atoms with van der Waals surface area (Å²) < 4.78 is 31.7. The van der Waals surface area contributed by atoms with Crippen LogP contribution in [0, 0.1) is 0 Å². The van der Waals surface area contributed by atoms with Crippen molar-refractivity contribution in [1.29, 1.82) is 0 Å². The van der Waals surface area contributed by atoms with E-state index >= 15 is 0 Å². The van der Waals surface area contributed by atoms with E-state index in [1.54, 1.807) is 13.2 Å². The molecule has 0 N–H and O–H groups in total. The number of rotatable bonds is 9. The smallest absolute Gasteiger partial charge is 0.246 e. The molecule has 120 valence electrons. The van der Waals surface area contributed by atoms with Crippen molar-refractivity contribution in [3.05, 3.63) is 23.5 Å². The van der Waals surface area contributed by atoms with Crippen LogP contribution in [-0.4, -0.2) is 70.1 Å². The summed E-state index contributed by atoms with van der Waals surface area (Å²) in [6.07, 6.45) is 2.20. The van der Waals surface area contributed by atoms with E-state index in [1.165, 1.54) is 16.6 Å². The lowest BCUT2D eigenvalue weighted by molar-refractivity contribution is 0.177. The van der Waals surface area contributed by atoms with Crippen LogP contribution in [0.25, 0.3) is 0 Å². The first-order valence-electron chi connectivity index (χ1n) is 6.64. The molecule has 0 unspecified atom stereocenters. The third kappa shape index (κ3) is 5.52. The molecule has 1 rings (SSSR count). The molecule has 8 heteroatoms. The second kappa shape index (κ2) is 8.65. The van der Waals surface area contributed by atoms with Gasteiger partial charge in [-0.15, -0.1) is 0 Å². The van der Waals surface area contributed by atoms with E-state index in [1.807, 2.05) is 19.0 Å². The van der Waals surface area contributed by atoms with Gasteiger partial charge >= 0.3 is 0 Å². The fraction of sp³-hybridized carbons (Fsp3) is 0.615. The first-order valence-corrected chi connectivity index (χ1v) is 8.45. The lowest BCUT2D eigenvalue weighted by atomic mass is 10.4. The van der Waals surface area contributed by atoms with Crippen LogP contribution >= 0.6 is 11.6 Å². The third-order valence-electron chi connectivity index (χ3n) is 2.90. The third-order valence-corrected chi connectivity index (χ3v) is 5.24. The largest absolute Gasteiger partial charge is 0.383 e. The van der Waals surface area contributed by atoms with Gasteiger partial charge in [0.15, 0.2) is 0 Å². The van der Waals surface area contributed by atoms with Gasteiger partial charge in [-0.1, -0.05) is 11.6 Å². The fourth-order valence-electron chi connectivity index (χ4n) is 1.81. The maximum absolute atomic E-state index is 12.7. The number of sulfonamides is 1. The second-order valence-electron chi connectivity index (χ2n) is 4.85. The van der Waals surface area contributed by atoms with E-state index < -0.39 is 10.0 Å². The summed E-state index contributed by atoms with van der Waals surface area (Å²) in [6.45, 7) is 1.84. The molecule has 0 saturated carbocycles. The summed E-state index contributed by atoms with van der Waals surface area (Å²) in [5.74, 6) is 0. The molecule has 1 heterocycles. The summed E-state index contributed by atoms with van der Waals surface area (Å²) in [5.41, 5.74) is 0. The van der Waals surface area contributed by atoms with Gasteiger partial charge in [0.05, 0.1) is 6.61 Å². The highest BCUT2D eigenvalue weighted by atomic mass is 35.5. The molecule has 0 saturated heterocycles. The van der Waals surface area contributed by atoms with E-state index in [2.05, 4.69) is 4.98 Å². The Labute approximate surface area is 131 Å². The molecule has 0 fully saturated rings. The number of nitrogens with zero attached hydrogens (tertiary/aromatic N) is 3. The Hall–Kier alpha value is -0.730. The minimum absolute atomic E-state index is 0.00692. The van der Waals surface area contributed by atoms with E-state index in [-0.39, 0.29) is 16.6 Å². The zero-order valence-electron chi connectivity index (χ0n) is 12.6. The van der Waals surface area contributed by atoms with Gasteiger partial charge < -0.3 is 9.64 Å². The summed E-state index contributed by atoms with van der Waals surface area (Å²) in [7, 11) is 1.78. The van der Waals surface area contributed by atoms with Crippen molar-refractivity contribution in [2.75, 3.05) is 47.4 Å². The molecule has 1 aromatic rings. The Morgan fingerprint density at radius 2 is 2.00 bits per heavy atom. The summed E-state index contributed by atoms with van der Waals surface area (Å²) >= 11 is 5.91. The van der Waals surface area contributed by atoms with Crippen molar-refractivity contribution < 1.29 is 13.2 Å². The van der Waals surface area contributed by atoms with Gasteiger partial charge in [0.25, 0.3) is 0 Å². The molecule has 0 aliphatic carbocycles. The first kappa shape index (κ1) is 18.3. The molecule has 6 nitrogen and oxygen atoms in total. The number of methoxy groups -OCH3 is 1. The van der Waals surface area contributed by atoms with Crippen LogP contribution in [0.1, 0.15) is 6.42 Å². The summed E-state index contributed by atoms with van der Waals surface area (Å²) in [4.78, 5) is 5.88. The van der Waals surface area contributed by atoms with Gasteiger partial charge in [0.2, 0.25) is 10.0 Å². The van der Waals surface area contributed by atoms with Crippen molar-refractivity contribution in [3.63, 3.8) is 0 Å². The maximum Gasteiger partial charge on any atom is 0.246 e. The van der Waals surface area contributed by atoms with Crippen LogP contribution in [0.15, 0.2) is 23.2 Å². The maximum atomic E-state index is 12.7. The van der Waals surface area contributed by atoms with Crippen LogP contribution in [0.3, 0.4) is 0 Å². The first-order chi connectivity index (χ1) is 9.89. The van der Waals surface area contributed by atoms with Crippen molar-refractivity contribution >= 4 is 21.6 Å². The minimum Gasteiger partial charge on any atom is -0.383 e. The number of halogens is 1. The Kier molecular flexibility index (Phi) is 7.55. The number of pyridine rings is 1. The van der Waals surface area contributed by atoms with E-state index in [0.29, 0.717) is 13.2 Å². The Morgan fingerprint density at radius 3 is 2.57 bits per heavy atom. The molecule has 1 aromatic heterocycles. The highest BCUT2D eigenvalue weighted by Gasteiger charge is 2.26. The number of ether oxygens (including phenoxy) is 1. The zero-order chi connectivity index (χ0) is 15.9. The molecule has 0 spiro atoms. The average Bonchev–Trinajstić information content (AvgIpc) is 2.42. The number of aromatic nitrogens is 1. The average molecular weight is 336 g/mol. The van der Waals surface area contributed by atoms with Crippen LogP contribution in [-0.2, 0) is 14.8 Å². The molecular weight excluding hydrogens is 314 g/mol. The van der Waals surface area contributed by atoms with Gasteiger partial charge in [-0.3, -0.25) is 0 Å². The standard InChI is InChI=1S/C13H22ClN3O3S/c1-16(2)8-5-9-17(10-11-20-3)21(18,19)12-6-4-7-15-13(12)14/h4,6-7H,5,8-11H2,1-3H3. The minimum atomic E-state index is -3.66. The molecule has 0 aromatic carbocycles. The molecule has 0 aliphatic heterocycles. The second-order valence-corrected chi connectivity index (χ2v) is 7.11. The van der Waals surface area contributed by atoms with Crippen molar-refractivity contribution in [2.45, 2.75) is 11.3 Å². The van der Waals surface area contributed by atoms with Crippen molar-refractivity contribution in [1.82, 2.24) is 14.2 Å². The topological polar surface area (TPSA) is 62.7 Å². The van der Waals surface area contributed by atoms with Crippen LogP contribution in [0.4, 0.5) is 0 Å². The normalized spacial score (nSPS) is 12.3. The van der Waals surface area contributed by atoms with Gasteiger partial charge in [0.1, 0.15) is 10.0 Å². The Morgan fingerprint density at radius 1 is 1.29 bits per heavy atom. The lowest BCUT2D eigenvalue weighted by Gasteiger charge is -2.23. The van der Waals surface area contributed by atoms with Gasteiger partial charge in [0, 0.05) is 26.4 Å². The molecule has 0 radical (unpaired) electrons. The zero-order valence-corrected chi connectivity index (χ0v) is 14.2. The SMILES string of the molecule is COCCN(CCCN(C)C)S(=O)(=O)c1cccnc1Cl. The number of hydrogen-bond donors (Lipinski definition) is 0. The summed E-state index contributed by atoms with van der Waals surface area (Å²) in [5, 5.41) is -0.00692. The van der Waals surface area contributed by atoms with Gasteiger partial charge in [-0.05, 0) is 39.2 Å². The van der Waals surface area contributed by atoms with Gasteiger partial charge in [-0.2, -0.15) is 4.31 Å². The molecule has 0 aliphatic rings. The van der Waals surface area contributed by atoms with Gasteiger partial charge in [-0.25, -0.2) is 13.4 Å². The predicted octanol–water partition coefficient (Wildman–Crippen LogP) is 1.32. The Balaban J connectivity index is 2.92. The van der Waals surface area contributed by atoms with E-state index in [0.717, 1.165) is 13.0 Å². The van der Waals surface area contributed by atoms with E-state index in [9.17, 15) is 8.42 Å². The molecule has 21 heavy (non-hydrogen) atoms. The molecule has 0 bridgehead atoms. The monoisotopic (exact) mass is 335 g/mol. The van der Waals surface area contributed by atoms with Crippen LogP contribution in [0.5, 0.6) is 0 Å². The summed E-state index contributed by atoms with van der Waals surface area (Å²) in [6, 6.07) is 3.03. The molecular formula is C13H22ClN3O3S. The lowest BCUT2D eigenvalue weighted by Crippen LogP contribution is -2.36. The quantitative estimate of drug-likeness (QED) is 0.637. The van der Waals surface area contributed by atoms with Crippen molar-refractivity contribution in [2.24, 2.45) is 0 Å². The van der Waals surface area contributed by atoms with Crippen LogP contribution < -0.4 is 0 Å².